The second kappa shape index (κ2) is 5.66. The van der Waals surface area contributed by atoms with Crippen molar-refractivity contribution in [2.75, 3.05) is 32.8 Å². The summed E-state index contributed by atoms with van der Waals surface area (Å²) in [7, 11) is -10.7. The number of morpholine rings is 1. The largest absolute Gasteiger partial charge is 0.379 e. The van der Waals surface area contributed by atoms with Crippen LogP contribution in [0.4, 0.5) is 0 Å². The van der Waals surface area contributed by atoms with Crippen LogP contribution in [-0.4, -0.2) is 67.5 Å². The Labute approximate surface area is 104 Å². The van der Waals surface area contributed by atoms with Crippen LogP contribution in [0.5, 0.6) is 0 Å². The summed E-state index contributed by atoms with van der Waals surface area (Å²) in [5, 5.41) is 6.31. The first-order chi connectivity index (χ1) is 8.08. The number of aliphatic hydroxyl groups is 1. The van der Waals surface area contributed by atoms with E-state index in [1.165, 1.54) is 0 Å². The average Bonchev–Trinajstić information content (AvgIpc) is 2.24. The zero-order chi connectivity index (χ0) is 14.0. The number of hydrogen-bond acceptors (Lipinski definition) is 5. The lowest BCUT2D eigenvalue weighted by Crippen LogP contribution is -2.40. The van der Waals surface area contributed by atoms with Gasteiger partial charge in [-0.2, -0.15) is 0 Å². The van der Waals surface area contributed by atoms with Crippen LogP contribution in [0.15, 0.2) is 0 Å². The molecule has 1 rings (SSSR count). The first-order valence-corrected chi connectivity index (χ1v) is 8.44. The summed E-state index contributed by atoms with van der Waals surface area (Å²) in [5.41, 5.74) is 0. The van der Waals surface area contributed by atoms with Gasteiger partial charge in [-0.25, -0.2) is 0 Å². The van der Waals surface area contributed by atoms with Gasteiger partial charge in [0, 0.05) is 26.1 Å². The number of rotatable bonds is 5. The minimum atomic E-state index is -5.34. The van der Waals surface area contributed by atoms with Crippen LogP contribution in [0.1, 0.15) is 6.42 Å². The maximum Gasteiger partial charge on any atom is 0.369 e. The SMILES string of the molecule is O=P(O)(O)C(O)(CCN1CCOCC1)P(=O)(O)O. The Kier molecular flexibility index (Phi) is 5.11. The molecule has 0 saturated carbocycles. The minimum Gasteiger partial charge on any atom is -0.379 e. The van der Waals surface area contributed by atoms with Crippen molar-refractivity contribution < 1.29 is 38.5 Å². The Hall–Kier alpha value is 0.180. The first kappa shape index (κ1) is 16.2. The number of hydrogen-bond donors (Lipinski definition) is 5. The Bertz CT molecular complexity index is 348. The third-order valence-corrected chi connectivity index (χ3v) is 6.68. The Morgan fingerprint density at radius 2 is 1.50 bits per heavy atom. The highest BCUT2D eigenvalue weighted by Gasteiger charge is 2.58. The monoisotopic (exact) mass is 305 g/mol. The fourth-order valence-corrected chi connectivity index (χ4v) is 3.73. The predicted molar refractivity (Wildman–Crippen MR) is 60.9 cm³/mol. The van der Waals surface area contributed by atoms with E-state index in [4.69, 9.17) is 24.3 Å². The summed E-state index contributed by atoms with van der Waals surface area (Å²) < 4.78 is 27.2. The normalized spacial score (nSPS) is 20.1. The molecule has 0 amide bonds. The third kappa shape index (κ3) is 3.60. The van der Waals surface area contributed by atoms with Crippen molar-refractivity contribution in [3.05, 3.63) is 0 Å². The molecule has 0 aliphatic carbocycles. The van der Waals surface area contributed by atoms with Crippen molar-refractivity contribution in [3.8, 4) is 0 Å². The van der Waals surface area contributed by atoms with E-state index < -0.39 is 26.7 Å². The van der Waals surface area contributed by atoms with E-state index in [9.17, 15) is 14.2 Å². The summed E-state index contributed by atoms with van der Waals surface area (Å²) in [6.45, 7) is 1.81. The van der Waals surface area contributed by atoms with Crippen molar-refractivity contribution in [2.24, 2.45) is 0 Å². The molecule has 1 heterocycles. The van der Waals surface area contributed by atoms with Crippen LogP contribution in [0.3, 0.4) is 0 Å². The van der Waals surface area contributed by atoms with E-state index in [2.05, 4.69) is 0 Å². The maximum absolute atomic E-state index is 11.1. The van der Waals surface area contributed by atoms with Crippen LogP contribution in [0.2, 0.25) is 0 Å². The Morgan fingerprint density at radius 1 is 1.06 bits per heavy atom. The molecular formula is C7H17NO8P2. The average molecular weight is 305 g/mol. The molecule has 0 aromatic heterocycles. The van der Waals surface area contributed by atoms with E-state index in [1.54, 1.807) is 4.90 Å². The third-order valence-electron chi connectivity index (χ3n) is 2.80. The molecule has 0 aromatic rings. The molecule has 108 valence electrons. The lowest BCUT2D eigenvalue weighted by molar-refractivity contribution is 0.0283. The number of ether oxygens (including phenoxy) is 1. The molecule has 0 bridgehead atoms. The van der Waals surface area contributed by atoms with Gasteiger partial charge in [-0.1, -0.05) is 0 Å². The minimum absolute atomic E-state index is 0.0317. The summed E-state index contributed by atoms with van der Waals surface area (Å²) in [5.74, 6) is 0. The van der Waals surface area contributed by atoms with Gasteiger partial charge in [-0.05, 0) is 0 Å². The van der Waals surface area contributed by atoms with E-state index in [0.29, 0.717) is 26.3 Å². The summed E-state index contributed by atoms with van der Waals surface area (Å²) in [6.07, 6.45) is -0.707. The van der Waals surface area contributed by atoms with E-state index in [-0.39, 0.29) is 6.54 Å². The predicted octanol–water partition coefficient (Wildman–Crippen LogP) is -1.29. The molecule has 9 nitrogen and oxygen atoms in total. The van der Waals surface area contributed by atoms with Crippen LogP contribution in [0.25, 0.3) is 0 Å². The highest BCUT2D eigenvalue weighted by atomic mass is 31.2. The maximum atomic E-state index is 11.1. The van der Waals surface area contributed by atoms with Crippen LogP contribution < -0.4 is 0 Å². The molecule has 0 aromatic carbocycles. The molecule has 5 N–H and O–H groups in total. The van der Waals surface area contributed by atoms with Gasteiger partial charge in [-0.3, -0.25) is 14.0 Å². The lowest BCUT2D eigenvalue weighted by atomic mass is 10.3. The lowest BCUT2D eigenvalue weighted by Gasteiger charge is -2.33. The van der Waals surface area contributed by atoms with Gasteiger partial charge in [0.1, 0.15) is 0 Å². The topological polar surface area (TPSA) is 148 Å². The molecule has 1 aliphatic rings. The molecular weight excluding hydrogens is 288 g/mol. The van der Waals surface area contributed by atoms with E-state index in [0.717, 1.165) is 0 Å². The van der Waals surface area contributed by atoms with Crippen molar-refractivity contribution in [1.29, 1.82) is 0 Å². The number of nitrogens with zero attached hydrogens (tertiary/aromatic N) is 1. The molecule has 1 fully saturated rings. The van der Waals surface area contributed by atoms with Crippen LogP contribution in [0, 0.1) is 0 Å². The van der Waals surface area contributed by atoms with Crippen molar-refractivity contribution >= 4 is 15.2 Å². The summed E-state index contributed by atoms with van der Waals surface area (Å²) in [6, 6.07) is 0. The zero-order valence-corrected chi connectivity index (χ0v) is 11.3. The second-order valence-electron chi connectivity index (χ2n) is 4.07. The fraction of sp³-hybridized carbons (Fsp3) is 1.00. The first-order valence-electron chi connectivity index (χ1n) is 5.22. The van der Waals surface area contributed by atoms with Crippen molar-refractivity contribution in [3.63, 3.8) is 0 Å². The van der Waals surface area contributed by atoms with Gasteiger partial charge < -0.3 is 29.4 Å². The molecule has 0 unspecified atom stereocenters. The van der Waals surface area contributed by atoms with Gasteiger partial charge in [0.15, 0.2) is 0 Å². The van der Waals surface area contributed by atoms with Crippen molar-refractivity contribution in [2.45, 2.75) is 11.5 Å². The van der Waals surface area contributed by atoms with Gasteiger partial charge in [-0.15, -0.1) is 0 Å². The molecule has 1 saturated heterocycles. The van der Waals surface area contributed by atoms with Crippen LogP contribution >= 0.6 is 15.2 Å². The van der Waals surface area contributed by atoms with Gasteiger partial charge in [0.25, 0.3) is 5.08 Å². The highest BCUT2D eigenvalue weighted by Crippen LogP contribution is 2.68. The van der Waals surface area contributed by atoms with Gasteiger partial charge in [0.2, 0.25) is 0 Å². The summed E-state index contributed by atoms with van der Waals surface area (Å²) >= 11 is 0. The quantitative estimate of drug-likeness (QED) is 0.391. The fourth-order valence-electron chi connectivity index (χ4n) is 1.59. The molecule has 11 heteroatoms. The summed E-state index contributed by atoms with van der Waals surface area (Å²) in [4.78, 5) is 37.4. The molecule has 0 radical (unpaired) electrons. The molecule has 0 spiro atoms. The van der Waals surface area contributed by atoms with Crippen LogP contribution in [-0.2, 0) is 13.9 Å². The Morgan fingerprint density at radius 3 is 1.89 bits per heavy atom. The van der Waals surface area contributed by atoms with Gasteiger partial charge >= 0.3 is 15.2 Å². The smallest absolute Gasteiger partial charge is 0.369 e. The Balaban J connectivity index is 2.74. The highest BCUT2D eigenvalue weighted by molar-refractivity contribution is 7.72. The molecule has 1 aliphatic heterocycles. The second-order valence-corrected chi connectivity index (χ2v) is 8.07. The van der Waals surface area contributed by atoms with Gasteiger partial charge in [0.05, 0.1) is 13.2 Å². The molecule has 18 heavy (non-hydrogen) atoms. The zero-order valence-electron chi connectivity index (χ0n) is 9.55. The van der Waals surface area contributed by atoms with Crippen molar-refractivity contribution in [1.82, 2.24) is 4.90 Å². The standard InChI is InChI=1S/C7H17NO8P2/c9-7(17(10,11)12,18(13,14)15)1-2-8-3-5-16-6-4-8/h9H,1-6H2,(H2,10,11,12)(H2,13,14,15). The van der Waals surface area contributed by atoms with E-state index >= 15 is 0 Å². The molecule has 0 atom stereocenters. The van der Waals surface area contributed by atoms with E-state index in [1.807, 2.05) is 0 Å².